The number of fused-ring (bicyclic) bond motifs is 1. The Morgan fingerprint density at radius 2 is 1.84 bits per heavy atom. The Bertz CT molecular complexity index is 367. The summed E-state index contributed by atoms with van der Waals surface area (Å²) >= 11 is 6.05. The number of amidine groups is 1. The van der Waals surface area contributed by atoms with Crippen LogP contribution in [0.3, 0.4) is 0 Å². The highest BCUT2D eigenvalue weighted by Gasteiger charge is 2.27. The van der Waals surface area contributed by atoms with E-state index in [0.717, 1.165) is 25.3 Å². The fourth-order valence-corrected chi connectivity index (χ4v) is 2.12. The van der Waals surface area contributed by atoms with Gasteiger partial charge in [-0.1, -0.05) is 0 Å². The third-order valence-corrected chi connectivity index (χ3v) is 2.92. The van der Waals surface area contributed by atoms with E-state index in [1.54, 1.807) is 0 Å². The number of hydrogen-bond donors (Lipinski definition) is 2. The lowest BCUT2D eigenvalue weighted by atomic mass is 10.1. The highest BCUT2D eigenvalue weighted by molar-refractivity contribution is 6.32. The van der Waals surface area contributed by atoms with E-state index >= 15 is 0 Å². The van der Waals surface area contributed by atoms with E-state index < -0.39 is 11.9 Å². The minimum atomic E-state index is -1.26. The topological polar surface area (TPSA) is 122 Å². The van der Waals surface area contributed by atoms with Crippen LogP contribution in [0.25, 0.3) is 0 Å². The maximum atomic E-state index is 9.55. The zero-order chi connectivity index (χ0) is 13.5. The van der Waals surface area contributed by atoms with Crippen LogP contribution in [0.1, 0.15) is 12.8 Å². The lowest BCUT2D eigenvalue weighted by molar-refractivity contribution is -0.134. The number of aliphatic imine (C=N–C) groups is 1. The molecular formula is C11H17ClN2O5. The molecule has 0 radical (unpaired) electrons. The van der Waals surface area contributed by atoms with Gasteiger partial charge in [-0.15, -0.1) is 11.6 Å². The normalized spacial score (nSPS) is 20.8. The molecule has 2 rings (SSSR count). The zero-order valence-corrected chi connectivity index (χ0v) is 11.0. The third kappa shape index (κ3) is 6.21. The highest BCUT2D eigenvalue weighted by atomic mass is 35.5. The quantitative estimate of drug-likeness (QED) is 0.547. The Morgan fingerprint density at radius 1 is 1.26 bits per heavy atom. The summed E-state index contributed by atoms with van der Waals surface area (Å²) in [7, 11) is 0. The maximum absolute atomic E-state index is 9.55. The number of rotatable bonds is 2. The molecule has 0 amide bonds. The molecule has 0 aromatic rings. The fourth-order valence-electron chi connectivity index (χ4n) is 1.76. The number of hydrogen-bond acceptors (Lipinski definition) is 4. The number of carbonyl (C=O) groups is 2. The molecule has 1 unspecified atom stereocenters. The molecule has 1 saturated heterocycles. The van der Waals surface area contributed by atoms with Crippen LogP contribution in [-0.4, -0.2) is 63.4 Å². The number of piperidine rings is 1. The van der Waals surface area contributed by atoms with E-state index in [2.05, 4.69) is 9.89 Å². The molecule has 0 saturated carbocycles. The van der Waals surface area contributed by atoms with Gasteiger partial charge in [0.25, 0.3) is 0 Å². The van der Waals surface area contributed by atoms with Crippen LogP contribution in [0.2, 0.25) is 0 Å². The van der Waals surface area contributed by atoms with Crippen molar-refractivity contribution in [1.82, 2.24) is 4.90 Å². The van der Waals surface area contributed by atoms with Gasteiger partial charge in [-0.3, -0.25) is 4.99 Å². The molecule has 0 bridgehead atoms. The van der Waals surface area contributed by atoms with Gasteiger partial charge in [-0.2, -0.15) is 0 Å². The molecule has 1 atom stereocenters. The van der Waals surface area contributed by atoms with Gasteiger partial charge in [-0.05, 0) is 12.8 Å². The lowest BCUT2D eigenvalue weighted by Crippen LogP contribution is -2.39. The second-order valence-electron chi connectivity index (χ2n) is 3.85. The molecule has 1 fully saturated rings. The van der Waals surface area contributed by atoms with Crippen molar-refractivity contribution in [2.45, 2.75) is 18.2 Å². The molecule has 19 heavy (non-hydrogen) atoms. The van der Waals surface area contributed by atoms with Crippen LogP contribution in [0.5, 0.6) is 0 Å². The summed E-state index contributed by atoms with van der Waals surface area (Å²) in [6, 6.07) is 0. The van der Waals surface area contributed by atoms with Crippen molar-refractivity contribution in [3.8, 4) is 0 Å². The maximum Gasteiger partial charge on any atom is 0.328 e. The van der Waals surface area contributed by atoms with E-state index in [4.69, 9.17) is 21.8 Å². The first kappa shape index (κ1) is 17.4. The van der Waals surface area contributed by atoms with Crippen molar-refractivity contribution in [2.75, 3.05) is 19.6 Å². The molecule has 0 spiro atoms. The predicted octanol–water partition coefficient (Wildman–Crippen LogP) is -0.0112. The van der Waals surface area contributed by atoms with E-state index in [-0.39, 0.29) is 10.9 Å². The first-order valence-corrected chi connectivity index (χ1v) is 6.01. The molecule has 4 N–H and O–H groups in total. The Labute approximate surface area is 115 Å². The smallest absolute Gasteiger partial charge is 0.328 e. The number of carboxylic acids is 2. The van der Waals surface area contributed by atoms with Gasteiger partial charge in [0.15, 0.2) is 0 Å². The average molecular weight is 293 g/mol. The van der Waals surface area contributed by atoms with Gasteiger partial charge in [-0.25, -0.2) is 9.59 Å². The number of alkyl halides is 1. The standard InChI is InChI=1S/C7H11ClN2.C4H4O4.H2O/c8-6-2-1-4-10-5-3-9-7(6)10;5-3(6)1-2-4(7)8;/h6H,1-5H2;1-2H,(H,5,6)(H,7,8);1H2/b;2-1+;. The average Bonchev–Trinajstić information content (AvgIpc) is 2.77. The lowest BCUT2D eigenvalue weighted by Gasteiger charge is -2.28. The number of halogens is 1. The van der Waals surface area contributed by atoms with Gasteiger partial charge in [0.1, 0.15) is 5.84 Å². The van der Waals surface area contributed by atoms with Crippen molar-refractivity contribution >= 4 is 29.4 Å². The van der Waals surface area contributed by atoms with Gasteiger partial charge >= 0.3 is 11.9 Å². The van der Waals surface area contributed by atoms with Crippen molar-refractivity contribution < 1.29 is 25.3 Å². The van der Waals surface area contributed by atoms with Gasteiger partial charge < -0.3 is 20.6 Å². The summed E-state index contributed by atoms with van der Waals surface area (Å²) in [6.45, 7) is 3.22. The Hall–Kier alpha value is -1.60. The SMILES string of the molecule is ClC1CCCN2CCN=C12.O.O=C(O)/C=C/C(=O)O. The summed E-state index contributed by atoms with van der Waals surface area (Å²) in [5, 5.41) is 15.8. The van der Waals surface area contributed by atoms with Crippen molar-refractivity contribution in [2.24, 2.45) is 4.99 Å². The molecular weight excluding hydrogens is 276 g/mol. The predicted molar refractivity (Wildman–Crippen MR) is 70.8 cm³/mol. The molecule has 2 heterocycles. The van der Waals surface area contributed by atoms with E-state index in [9.17, 15) is 9.59 Å². The second-order valence-corrected chi connectivity index (χ2v) is 4.37. The second kappa shape index (κ2) is 8.49. The van der Waals surface area contributed by atoms with E-state index in [1.165, 1.54) is 13.0 Å². The molecule has 2 aliphatic heterocycles. The Morgan fingerprint density at radius 3 is 2.32 bits per heavy atom. The summed E-state index contributed by atoms with van der Waals surface area (Å²) in [4.78, 5) is 25.8. The highest BCUT2D eigenvalue weighted by Crippen LogP contribution is 2.20. The molecule has 108 valence electrons. The first-order chi connectivity index (χ1) is 8.50. The fraction of sp³-hybridized carbons (Fsp3) is 0.545. The summed E-state index contributed by atoms with van der Waals surface area (Å²) < 4.78 is 0. The van der Waals surface area contributed by atoms with Crippen molar-refractivity contribution in [3.05, 3.63) is 12.2 Å². The van der Waals surface area contributed by atoms with Crippen molar-refractivity contribution in [3.63, 3.8) is 0 Å². The van der Waals surface area contributed by atoms with Crippen LogP contribution in [0.4, 0.5) is 0 Å². The van der Waals surface area contributed by atoms with Crippen LogP contribution in [-0.2, 0) is 9.59 Å². The summed E-state index contributed by atoms with van der Waals surface area (Å²) in [5.74, 6) is -1.37. The molecule has 8 heteroatoms. The molecule has 7 nitrogen and oxygen atoms in total. The van der Waals surface area contributed by atoms with Crippen LogP contribution in [0.15, 0.2) is 17.1 Å². The summed E-state index contributed by atoms with van der Waals surface area (Å²) in [6.07, 6.45) is 3.45. The van der Waals surface area contributed by atoms with Gasteiger partial charge in [0.2, 0.25) is 0 Å². The largest absolute Gasteiger partial charge is 0.478 e. The summed E-state index contributed by atoms with van der Waals surface area (Å²) in [5.41, 5.74) is 0. The minimum Gasteiger partial charge on any atom is -0.478 e. The number of nitrogens with zero attached hydrogens (tertiary/aromatic N) is 2. The van der Waals surface area contributed by atoms with Crippen LogP contribution >= 0.6 is 11.6 Å². The zero-order valence-electron chi connectivity index (χ0n) is 10.3. The minimum absolute atomic E-state index is 0. The number of carboxylic acid groups (broad SMARTS) is 2. The molecule has 0 aromatic carbocycles. The van der Waals surface area contributed by atoms with Crippen LogP contribution in [0, 0.1) is 0 Å². The van der Waals surface area contributed by atoms with E-state index in [1.807, 2.05) is 0 Å². The van der Waals surface area contributed by atoms with Gasteiger partial charge in [0.05, 0.1) is 11.9 Å². The first-order valence-electron chi connectivity index (χ1n) is 5.58. The number of aliphatic carboxylic acids is 2. The van der Waals surface area contributed by atoms with Crippen molar-refractivity contribution in [1.29, 1.82) is 0 Å². The monoisotopic (exact) mass is 292 g/mol. The molecule has 0 aromatic heterocycles. The Balaban J connectivity index is 0.000000335. The van der Waals surface area contributed by atoms with Crippen LogP contribution < -0.4 is 0 Å². The van der Waals surface area contributed by atoms with Gasteiger partial charge in [0, 0.05) is 25.2 Å². The molecule has 0 aliphatic carbocycles. The van der Waals surface area contributed by atoms with E-state index in [0.29, 0.717) is 12.2 Å². The third-order valence-electron chi connectivity index (χ3n) is 2.50. The molecule has 2 aliphatic rings. The Kier molecular flexibility index (Phi) is 7.78.